The van der Waals surface area contributed by atoms with Gasteiger partial charge in [0, 0.05) is 0 Å². The maximum absolute atomic E-state index is 9.60. The van der Waals surface area contributed by atoms with E-state index >= 15 is 0 Å². The maximum atomic E-state index is 9.60. The molecule has 72 valence electrons. The van der Waals surface area contributed by atoms with Crippen LogP contribution >= 0.6 is 0 Å². The Balaban J connectivity index is 2.32. The van der Waals surface area contributed by atoms with Gasteiger partial charge in [-0.25, -0.2) is 0 Å². The van der Waals surface area contributed by atoms with Crippen molar-refractivity contribution in [3.63, 3.8) is 0 Å². The minimum Gasteiger partial charge on any atom is -0.454 e. The number of hydrogen-bond acceptors (Lipinski definition) is 3. The summed E-state index contributed by atoms with van der Waals surface area (Å²) in [6.07, 6.45) is 0.791. The molecule has 1 aliphatic rings. The Morgan fingerprint density at radius 3 is 3.00 bits per heavy atom. The van der Waals surface area contributed by atoms with Crippen molar-refractivity contribution in [3.8, 4) is 11.5 Å². The Hall–Kier alpha value is -1.70. The quantitative estimate of drug-likeness (QED) is 0.722. The number of ether oxygens (including phenoxy) is 2. The van der Waals surface area contributed by atoms with Crippen LogP contribution in [0.15, 0.2) is 36.6 Å². The van der Waals surface area contributed by atoms with E-state index in [0.29, 0.717) is 11.5 Å². The van der Waals surface area contributed by atoms with Crippen LogP contribution in [0.5, 0.6) is 11.5 Å². The van der Waals surface area contributed by atoms with Crippen LogP contribution in [0.4, 0.5) is 0 Å². The Kier molecular flexibility index (Phi) is 2.27. The van der Waals surface area contributed by atoms with Crippen molar-refractivity contribution in [3.05, 3.63) is 42.1 Å². The first-order chi connectivity index (χ1) is 6.81. The first-order valence-electron chi connectivity index (χ1n) is 4.25. The molecule has 0 aliphatic carbocycles. The summed E-state index contributed by atoms with van der Waals surface area (Å²) in [7, 11) is 0. The molecule has 1 heterocycles. The second-order valence-corrected chi connectivity index (χ2v) is 2.93. The van der Waals surface area contributed by atoms with E-state index in [1.165, 1.54) is 6.08 Å². The molecule has 1 atom stereocenters. The van der Waals surface area contributed by atoms with Crippen LogP contribution in [0, 0.1) is 0 Å². The zero-order valence-corrected chi connectivity index (χ0v) is 7.56. The lowest BCUT2D eigenvalue weighted by Gasteiger charge is -2.05. The Morgan fingerprint density at radius 2 is 2.21 bits per heavy atom. The van der Waals surface area contributed by atoms with Crippen LogP contribution < -0.4 is 9.47 Å². The summed E-state index contributed by atoms with van der Waals surface area (Å²) >= 11 is 0. The third kappa shape index (κ3) is 1.51. The molecule has 0 saturated heterocycles. The smallest absolute Gasteiger partial charge is 0.231 e. The number of hydrogen-bond donors (Lipinski definition) is 1. The van der Waals surface area contributed by atoms with Gasteiger partial charge in [-0.15, -0.1) is 5.73 Å². The summed E-state index contributed by atoms with van der Waals surface area (Å²) in [6, 6.07) is 5.31. The van der Waals surface area contributed by atoms with Gasteiger partial charge in [-0.2, -0.15) is 0 Å². The van der Waals surface area contributed by atoms with Crippen molar-refractivity contribution in [1.82, 2.24) is 0 Å². The molecular formula is C11H10O3. The molecule has 3 heteroatoms. The number of fused-ring (bicyclic) bond motifs is 1. The van der Waals surface area contributed by atoms with Gasteiger partial charge in [0.05, 0.1) is 0 Å². The zero-order chi connectivity index (χ0) is 9.97. The number of aliphatic hydroxyl groups excluding tert-OH is 1. The molecular weight excluding hydrogens is 180 g/mol. The van der Waals surface area contributed by atoms with Crippen molar-refractivity contribution >= 4 is 0 Å². The van der Waals surface area contributed by atoms with Gasteiger partial charge in [-0.1, -0.05) is 12.6 Å². The fourth-order valence-corrected chi connectivity index (χ4v) is 1.30. The normalized spacial score (nSPS) is 14.6. The van der Waals surface area contributed by atoms with Crippen molar-refractivity contribution in [2.45, 2.75) is 6.10 Å². The standard InChI is InChI=1S/C11H10O3/c1-2-3-9(12)8-4-5-10-11(6-8)14-7-13-10/h3-6,9,12H,1,7H2. The average molecular weight is 190 g/mol. The van der Waals surface area contributed by atoms with Crippen LogP contribution in [-0.2, 0) is 0 Å². The van der Waals surface area contributed by atoms with E-state index in [2.05, 4.69) is 12.3 Å². The molecule has 0 aromatic heterocycles. The molecule has 1 unspecified atom stereocenters. The lowest BCUT2D eigenvalue weighted by molar-refractivity contribution is 0.173. The molecule has 0 fully saturated rings. The van der Waals surface area contributed by atoms with Gasteiger partial charge < -0.3 is 14.6 Å². The van der Waals surface area contributed by atoms with Gasteiger partial charge in [0.15, 0.2) is 11.5 Å². The van der Waals surface area contributed by atoms with Crippen LogP contribution in [-0.4, -0.2) is 11.9 Å². The lowest BCUT2D eigenvalue weighted by Crippen LogP contribution is -1.93. The number of aliphatic hydroxyl groups is 1. The van der Waals surface area contributed by atoms with Crippen molar-refractivity contribution in [2.24, 2.45) is 0 Å². The molecule has 0 bridgehead atoms. The number of benzene rings is 1. The fraction of sp³-hybridized carbons (Fsp3) is 0.182. The van der Waals surface area contributed by atoms with E-state index in [1.54, 1.807) is 18.2 Å². The SMILES string of the molecule is C=C=CC(O)c1ccc2c(c1)OCO2. The first kappa shape index (κ1) is 8.88. The number of rotatable bonds is 2. The summed E-state index contributed by atoms with van der Waals surface area (Å²) in [5.41, 5.74) is 3.28. The predicted octanol–water partition coefficient (Wildman–Crippen LogP) is 1.79. The first-order valence-corrected chi connectivity index (χ1v) is 4.25. The molecule has 0 amide bonds. The van der Waals surface area contributed by atoms with E-state index in [9.17, 15) is 5.11 Å². The highest BCUT2D eigenvalue weighted by molar-refractivity contribution is 5.45. The maximum Gasteiger partial charge on any atom is 0.231 e. The van der Waals surface area contributed by atoms with E-state index in [4.69, 9.17) is 9.47 Å². The third-order valence-corrected chi connectivity index (χ3v) is 2.01. The highest BCUT2D eigenvalue weighted by Gasteiger charge is 2.15. The van der Waals surface area contributed by atoms with E-state index in [1.807, 2.05) is 0 Å². The highest BCUT2D eigenvalue weighted by atomic mass is 16.7. The second kappa shape index (κ2) is 3.58. The molecule has 14 heavy (non-hydrogen) atoms. The van der Waals surface area contributed by atoms with Crippen molar-refractivity contribution < 1.29 is 14.6 Å². The molecule has 0 saturated carbocycles. The van der Waals surface area contributed by atoms with Crippen molar-refractivity contribution in [2.75, 3.05) is 6.79 Å². The molecule has 0 spiro atoms. The molecule has 2 rings (SSSR count). The molecule has 0 radical (unpaired) electrons. The summed E-state index contributed by atoms with van der Waals surface area (Å²) in [6.45, 7) is 3.64. The monoisotopic (exact) mass is 190 g/mol. The molecule has 1 aromatic rings. The second-order valence-electron chi connectivity index (χ2n) is 2.93. The fourth-order valence-electron chi connectivity index (χ4n) is 1.30. The predicted molar refractivity (Wildman–Crippen MR) is 51.2 cm³/mol. The minimum atomic E-state index is -0.693. The van der Waals surface area contributed by atoms with E-state index in [0.717, 1.165) is 5.56 Å². The van der Waals surface area contributed by atoms with Gasteiger partial charge >= 0.3 is 0 Å². The average Bonchev–Trinajstić information content (AvgIpc) is 2.64. The Morgan fingerprint density at radius 1 is 1.43 bits per heavy atom. The molecule has 1 N–H and O–H groups in total. The van der Waals surface area contributed by atoms with Gasteiger partial charge in [0.25, 0.3) is 0 Å². The van der Waals surface area contributed by atoms with Crippen molar-refractivity contribution in [1.29, 1.82) is 0 Å². The molecule has 1 aliphatic heterocycles. The Bertz CT molecular complexity index is 392. The largest absolute Gasteiger partial charge is 0.454 e. The lowest BCUT2D eigenvalue weighted by atomic mass is 10.1. The van der Waals surface area contributed by atoms with Crippen LogP contribution in [0.3, 0.4) is 0 Å². The third-order valence-electron chi connectivity index (χ3n) is 2.01. The minimum absolute atomic E-state index is 0.242. The van der Waals surface area contributed by atoms with Gasteiger partial charge in [0.2, 0.25) is 6.79 Å². The zero-order valence-electron chi connectivity index (χ0n) is 7.56. The van der Waals surface area contributed by atoms with Crippen LogP contribution in [0.25, 0.3) is 0 Å². The summed E-state index contributed by atoms with van der Waals surface area (Å²) in [5.74, 6) is 1.38. The van der Waals surface area contributed by atoms with Gasteiger partial charge in [-0.3, -0.25) is 0 Å². The van der Waals surface area contributed by atoms with E-state index < -0.39 is 6.10 Å². The van der Waals surface area contributed by atoms with Gasteiger partial charge in [0.1, 0.15) is 6.10 Å². The van der Waals surface area contributed by atoms with E-state index in [-0.39, 0.29) is 6.79 Å². The summed E-state index contributed by atoms with van der Waals surface area (Å²) in [5, 5.41) is 9.60. The summed E-state index contributed by atoms with van der Waals surface area (Å²) < 4.78 is 10.3. The van der Waals surface area contributed by atoms with Crippen LogP contribution in [0.2, 0.25) is 0 Å². The molecule has 1 aromatic carbocycles. The van der Waals surface area contributed by atoms with Gasteiger partial charge in [-0.05, 0) is 23.8 Å². The summed E-state index contributed by atoms with van der Waals surface area (Å²) in [4.78, 5) is 0. The highest BCUT2D eigenvalue weighted by Crippen LogP contribution is 2.34. The Labute approximate surface area is 81.9 Å². The molecule has 3 nitrogen and oxygen atoms in total. The topological polar surface area (TPSA) is 38.7 Å². The van der Waals surface area contributed by atoms with Crippen LogP contribution in [0.1, 0.15) is 11.7 Å².